The minimum Gasteiger partial charge on any atom is -0.385 e. The van der Waals surface area contributed by atoms with Crippen molar-refractivity contribution >= 4 is 5.69 Å². The first-order valence-electron chi connectivity index (χ1n) is 5.84. The Morgan fingerprint density at radius 1 is 1.59 bits per heavy atom. The van der Waals surface area contributed by atoms with Gasteiger partial charge in [-0.15, -0.1) is 0 Å². The van der Waals surface area contributed by atoms with Gasteiger partial charge in [-0.2, -0.15) is 0 Å². The van der Waals surface area contributed by atoms with Gasteiger partial charge in [0.05, 0.1) is 4.92 Å². The van der Waals surface area contributed by atoms with Crippen LogP contribution in [0, 0.1) is 10.1 Å². The van der Waals surface area contributed by atoms with Gasteiger partial charge in [-0.1, -0.05) is 0 Å². The first kappa shape index (κ1) is 12.0. The van der Waals surface area contributed by atoms with Crippen molar-refractivity contribution in [3.8, 4) is 0 Å². The van der Waals surface area contributed by atoms with E-state index in [0.717, 1.165) is 36.9 Å². The number of hydrogen-bond donors (Lipinski definition) is 0. The molecule has 5 nitrogen and oxygen atoms in total. The van der Waals surface area contributed by atoms with Crippen molar-refractivity contribution in [1.29, 1.82) is 0 Å². The number of hydrogen-bond acceptors (Lipinski definition) is 4. The van der Waals surface area contributed by atoms with E-state index in [2.05, 4.69) is 4.98 Å². The molecule has 1 aromatic rings. The summed E-state index contributed by atoms with van der Waals surface area (Å²) in [5.41, 5.74) is 2.16. The molecule has 0 N–H and O–H groups in total. The summed E-state index contributed by atoms with van der Waals surface area (Å²) >= 11 is 0. The molecule has 1 aromatic heterocycles. The summed E-state index contributed by atoms with van der Waals surface area (Å²) in [4.78, 5) is 14.6. The van der Waals surface area contributed by atoms with E-state index < -0.39 is 0 Å². The van der Waals surface area contributed by atoms with Gasteiger partial charge in [-0.3, -0.25) is 15.1 Å². The fraction of sp³-hybridized carbons (Fsp3) is 0.583. The van der Waals surface area contributed by atoms with Crippen LogP contribution in [0.1, 0.15) is 36.4 Å². The van der Waals surface area contributed by atoms with E-state index in [9.17, 15) is 10.1 Å². The van der Waals surface area contributed by atoms with Gasteiger partial charge in [-0.05, 0) is 37.2 Å². The second-order valence-corrected chi connectivity index (χ2v) is 4.36. The van der Waals surface area contributed by atoms with Crippen molar-refractivity contribution in [2.75, 3.05) is 13.7 Å². The molecular weight excluding hydrogens is 220 g/mol. The Morgan fingerprint density at radius 3 is 2.94 bits per heavy atom. The summed E-state index contributed by atoms with van der Waals surface area (Å²) in [6.45, 7) is 0.697. The van der Waals surface area contributed by atoms with E-state index in [-0.39, 0.29) is 10.6 Å². The van der Waals surface area contributed by atoms with Gasteiger partial charge in [-0.25, -0.2) is 0 Å². The molecular formula is C12H16N2O3. The SMILES string of the molecule is COCCCc1ncc([N+](=O)[O-])cc1C1CC1. The van der Waals surface area contributed by atoms with Crippen molar-refractivity contribution in [3.05, 3.63) is 33.6 Å². The zero-order chi connectivity index (χ0) is 12.3. The van der Waals surface area contributed by atoms with Crippen molar-refractivity contribution in [1.82, 2.24) is 4.98 Å². The molecule has 0 saturated heterocycles. The van der Waals surface area contributed by atoms with Gasteiger partial charge in [0.25, 0.3) is 5.69 Å². The van der Waals surface area contributed by atoms with Gasteiger partial charge in [0.1, 0.15) is 6.20 Å². The van der Waals surface area contributed by atoms with Crippen LogP contribution in [0.4, 0.5) is 5.69 Å². The average Bonchev–Trinajstić information content (AvgIpc) is 3.13. The number of aryl methyl sites for hydroxylation is 1. The molecule has 0 unspecified atom stereocenters. The van der Waals surface area contributed by atoms with Gasteiger partial charge >= 0.3 is 0 Å². The molecule has 0 atom stereocenters. The van der Waals surface area contributed by atoms with Crippen LogP contribution in [-0.2, 0) is 11.2 Å². The second kappa shape index (κ2) is 5.23. The molecule has 1 heterocycles. The Hall–Kier alpha value is -1.49. The zero-order valence-corrected chi connectivity index (χ0v) is 9.89. The Bertz CT molecular complexity index is 416. The molecule has 0 amide bonds. The molecule has 5 heteroatoms. The highest BCUT2D eigenvalue weighted by molar-refractivity contribution is 5.38. The number of pyridine rings is 1. The summed E-state index contributed by atoms with van der Waals surface area (Å²) in [5.74, 6) is 0.486. The third-order valence-corrected chi connectivity index (χ3v) is 2.98. The smallest absolute Gasteiger partial charge is 0.287 e. The fourth-order valence-electron chi connectivity index (χ4n) is 1.94. The summed E-state index contributed by atoms with van der Waals surface area (Å²) in [6.07, 6.45) is 5.34. The van der Waals surface area contributed by atoms with Crippen molar-refractivity contribution in [2.45, 2.75) is 31.6 Å². The number of nitro groups is 1. The quantitative estimate of drug-likeness (QED) is 0.432. The molecule has 0 aromatic carbocycles. The minimum atomic E-state index is -0.377. The van der Waals surface area contributed by atoms with Crippen LogP contribution in [0.2, 0.25) is 0 Å². The van der Waals surface area contributed by atoms with E-state index in [1.165, 1.54) is 6.20 Å². The van der Waals surface area contributed by atoms with E-state index in [1.807, 2.05) is 0 Å². The van der Waals surface area contributed by atoms with Gasteiger partial charge in [0.15, 0.2) is 0 Å². The minimum absolute atomic E-state index is 0.0994. The van der Waals surface area contributed by atoms with E-state index >= 15 is 0 Å². The Kier molecular flexibility index (Phi) is 3.68. The summed E-state index contributed by atoms with van der Waals surface area (Å²) in [6, 6.07) is 1.69. The maximum Gasteiger partial charge on any atom is 0.287 e. The average molecular weight is 236 g/mol. The summed E-state index contributed by atoms with van der Waals surface area (Å²) < 4.78 is 5.01. The van der Waals surface area contributed by atoms with E-state index in [4.69, 9.17) is 4.74 Å². The van der Waals surface area contributed by atoms with Crippen LogP contribution in [-0.4, -0.2) is 23.6 Å². The van der Waals surface area contributed by atoms with E-state index in [0.29, 0.717) is 12.5 Å². The maximum absolute atomic E-state index is 10.7. The number of aromatic nitrogens is 1. The van der Waals surface area contributed by atoms with Crippen LogP contribution in [0.3, 0.4) is 0 Å². The third kappa shape index (κ3) is 3.00. The van der Waals surface area contributed by atoms with Crippen LogP contribution in [0.15, 0.2) is 12.3 Å². The van der Waals surface area contributed by atoms with Crippen LogP contribution < -0.4 is 0 Å². The number of rotatable bonds is 6. The Labute approximate surface area is 100.0 Å². The maximum atomic E-state index is 10.7. The normalized spacial score (nSPS) is 14.9. The highest BCUT2D eigenvalue weighted by Crippen LogP contribution is 2.42. The van der Waals surface area contributed by atoms with Crippen LogP contribution in [0.5, 0.6) is 0 Å². The summed E-state index contributed by atoms with van der Waals surface area (Å²) in [7, 11) is 1.67. The monoisotopic (exact) mass is 236 g/mol. The highest BCUT2D eigenvalue weighted by Gasteiger charge is 2.28. The van der Waals surface area contributed by atoms with Crippen molar-refractivity contribution in [3.63, 3.8) is 0 Å². The molecule has 0 bridgehead atoms. The summed E-state index contributed by atoms with van der Waals surface area (Å²) in [5, 5.41) is 10.7. The molecule has 2 rings (SSSR count). The predicted molar refractivity (Wildman–Crippen MR) is 63.1 cm³/mol. The van der Waals surface area contributed by atoms with E-state index in [1.54, 1.807) is 13.2 Å². The molecule has 1 fully saturated rings. The number of methoxy groups -OCH3 is 1. The Morgan fingerprint density at radius 2 is 2.35 bits per heavy atom. The molecule has 1 aliphatic carbocycles. The highest BCUT2D eigenvalue weighted by atomic mass is 16.6. The predicted octanol–water partition coefficient (Wildman–Crippen LogP) is 2.45. The molecule has 1 saturated carbocycles. The van der Waals surface area contributed by atoms with Gasteiger partial charge in [0.2, 0.25) is 0 Å². The van der Waals surface area contributed by atoms with Gasteiger partial charge < -0.3 is 4.74 Å². The second-order valence-electron chi connectivity index (χ2n) is 4.36. The lowest BCUT2D eigenvalue weighted by atomic mass is 10.0. The number of nitrogens with zero attached hydrogens (tertiary/aromatic N) is 2. The Balaban J connectivity index is 2.16. The molecule has 0 spiro atoms. The van der Waals surface area contributed by atoms with Gasteiger partial charge in [0, 0.05) is 25.5 Å². The molecule has 0 radical (unpaired) electrons. The standard InChI is InChI=1S/C12H16N2O3/c1-17-6-2-3-12-11(9-4-5-9)7-10(8-13-12)14(15)16/h7-9H,2-6H2,1H3. The lowest BCUT2D eigenvalue weighted by Gasteiger charge is -2.07. The molecule has 0 aliphatic heterocycles. The number of ether oxygens (including phenoxy) is 1. The van der Waals surface area contributed by atoms with Crippen LogP contribution in [0.25, 0.3) is 0 Å². The topological polar surface area (TPSA) is 65.3 Å². The zero-order valence-electron chi connectivity index (χ0n) is 9.89. The fourth-order valence-corrected chi connectivity index (χ4v) is 1.94. The third-order valence-electron chi connectivity index (χ3n) is 2.98. The molecule has 17 heavy (non-hydrogen) atoms. The first-order valence-corrected chi connectivity index (χ1v) is 5.84. The molecule has 1 aliphatic rings. The first-order chi connectivity index (χ1) is 8.22. The largest absolute Gasteiger partial charge is 0.385 e. The lowest BCUT2D eigenvalue weighted by Crippen LogP contribution is -2.01. The van der Waals surface area contributed by atoms with Crippen molar-refractivity contribution in [2.24, 2.45) is 0 Å². The molecule has 92 valence electrons. The van der Waals surface area contributed by atoms with Crippen molar-refractivity contribution < 1.29 is 9.66 Å². The van der Waals surface area contributed by atoms with Crippen LogP contribution >= 0.6 is 0 Å². The lowest BCUT2D eigenvalue weighted by molar-refractivity contribution is -0.385.